The second-order valence-electron chi connectivity index (χ2n) is 3.91. The van der Waals surface area contributed by atoms with E-state index in [1.165, 1.54) is 0 Å². The molecule has 0 saturated carbocycles. The van der Waals surface area contributed by atoms with Gasteiger partial charge < -0.3 is 14.5 Å². The summed E-state index contributed by atoms with van der Waals surface area (Å²) in [6, 6.07) is 10.2. The standard InChI is InChI=1S/C14H14ClNO3/c1-2-9-16-14(17)12-7-8-13(19-12)18-11-6-4-3-5-10(11)15/h3-8H,2,9H2,1H3,(H,16,17). The number of nitrogens with one attached hydrogen (secondary N) is 1. The Kier molecular flexibility index (Phi) is 4.47. The molecule has 0 saturated heterocycles. The van der Waals surface area contributed by atoms with Crippen LogP contribution in [0.25, 0.3) is 0 Å². The average Bonchev–Trinajstić information content (AvgIpc) is 2.87. The molecule has 0 radical (unpaired) electrons. The molecular formula is C14H14ClNO3. The maximum atomic E-state index is 11.6. The summed E-state index contributed by atoms with van der Waals surface area (Å²) >= 11 is 5.97. The Hall–Kier alpha value is -1.94. The number of hydrogen-bond acceptors (Lipinski definition) is 3. The predicted molar refractivity (Wildman–Crippen MR) is 72.9 cm³/mol. The number of amides is 1. The first kappa shape index (κ1) is 13.5. The highest BCUT2D eigenvalue weighted by molar-refractivity contribution is 6.32. The van der Waals surface area contributed by atoms with E-state index in [9.17, 15) is 4.79 Å². The molecule has 5 heteroatoms. The van der Waals surface area contributed by atoms with Crippen molar-refractivity contribution in [2.45, 2.75) is 13.3 Å². The van der Waals surface area contributed by atoms with E-state index in [0.717, 1.165) is 6.42 Å². The smallest absolute Gasteiger partial charge is 0.290 e. The van der Waals surface area contributed by atoms with Gasteiger partial charge in [0.1, 0.15) is 5.75 Å². The average molecular weight is 280 g/mol. The van der Waals surface area contributed by atoms with Gasteiger partial charge in [-0.05, 0) is 24.6 Å². The zero-order chi connectivity index (χ0) is 13.7. The highest BCUT2D eigenvalue weighted by Gasteiger charge is 2.12. The number of carbonyl (C=O) groups excluding carboxylic acids is 1. The summed E-state index contributed by atoms with van der Waals surface area (Å²) in [4.78, 5) is 11.6. The minimum Gasteiger partial charge on any atom is -0.424 e. The van der Waals surface area contributed by atoms with E-state index < -0.39 is 0 Å². The molecule has 0 bridgehead atoms. The fourth-order valence-corrected chi connectivity index (χ4v) is 1.63. The molecule has 2 rings (SSSR count). The fraction of sp³-hybridized carbons (Fsp3) is 0.214. The molecule has 2 aromatic rings. The molecule has 0 aliphatic heterocycles. The van der Waals surface area contributed by atoms with E-state index in [1.807, 2.05) is 6.92 Å². The van der Waals surface area contributed by atoms with Crippen LogP contribution in [-0.2, 0) is 0 Å². The number of benzene rings is 1. The second-order valence-corrected chi connectivity index (χ2v) is 4.31. The Morgan fingerprint density at radius 3 is 2.84 bits per heavy atom. The van der Waals surface area contributed by atoms with E-state index in [4.69, 9.17) is 20.8 Å². The summed E-state index contributed by atoms with van der Waals surface area (Å²) < 4.78 is 10.8. The van der Waals surface area contributed by atoms with Crippen LogP contribution in [0.15, 0.2) is 40.8 Å². The molecule has 1 aromatic carbocycles. The van der Waals surface area contributed by atoms with E-state index in [0.29, 0.717) is 17.3 Å². The van der Waals surface area contributed by atoms with Gasteiger partial charge in [0.25, 0.3) is 11.9 Å². The van der Waals surface area contributed by atoms with Crippen molar-refractivity contribution in [1.82, 2.24) is 5.32 Å². The van der Waals surface area contributed by atoms with Crippen molar-refractivity contribution in [3.8, 4) is 11.7 Å². The number of carbonyl (C=O) groups is 1. The Bertz CT molecular complexity index is 565. The number of para-hydroxylation sites is 1. The Labute approximate surface area is 116 Å². The first-order valence-electron chi connectivity index (χ1n) is 6.01. The maximum absolute atomic E-state index is 11.6. The first-order valence-corrected chi connectivity index (χ1v) is 6.39. The monoisotopic (exact) mass is 279 g/mol. The van der Waals surface area contributed by atoms with Crippen molar-refractivity contribution in [2.24, 2.45) is 0 Å². The predicted octanol–water partition coefficient (Wildman–Crippen LogP) is 3.87. The summed E-state index contributed by atoms with van der Waals surface area (Å²) in [5.41, 5.74) is 0. The Balaban J connectivity index is 2.05. The van der Waals surface area contributed by atoms with Gasteiger partial charge in [-0.1, -0.05) is 30.7 Å². The second kappa shape index (κ2) is 6.29. The largest absolute Gasteiger partial charge is 0.424 e. The minimum absolute atomic E-state index is 0.218. The molecule has 1 aromatic heterocycles. The Morgan fingerprint density at radius 1 is 1.32 bits per heavy atom. The number of hydrogen-bond donors (Lipinski definition) is 1. The van der Waals surface area contributed by atoms with Crippen molar-refractivity contribution < 1.29 is 13.9 Å². The van der Waals surface area contributed by atoms with Crippen molar-refractivity contribution in [3.63, 3.8) is 0 Å². The van der Waals surface area contributed by atoms with Gasteiger partial charge in [0, 0.05) is 12.6 Å². The molecule has 1 heterocycles. The number of rotatable bonds is 5. The van der Waals surface area contributed by atoms with Crippen molar-refractivity contribution >= 4 is 17.5 Å². The van der Waals surface area contributed by atoms with Crippen LogP contribution in [0.3, 0.4) is 0 Å². The van der Waals surface area contributed by atoms with Gasteiger partial charge >= 0.3 is 0 Å². The van der Waals surface area contributed by atoms with Crippen LogP contribution in [-0.4, -0.2) is 12.5 Å². The maximum Gasteiger partial charge on any atom is 0.290 e. The van der Waals surface area contributed by atoms with Crippen LogP contribution in [0.5, 0.6) is 11.7 Å². The van der Waals surface area contributed by atoms with Gasteiger partial charge in [-0.15, -0.1) is 0 Å². The van der Waals surface area contributed by atoms with Crippen LogP contribution in [0.1, 0.15) is 23.9 Å². The number of halogens is 1. The third kappa shape index (κ3) is 3.51. The molecule has 19 heavy (non-hydrogen) atoms. The lowest BCUT2D eigenvalue weighted by Crippen LogP contribution is -2.23. The van der Waals surface area contributed by atoms with Crippen LogP contribution >= 0.6 is 11.6 Å². The lowest BCUT2D eigenvalue weighted by Gasteiger charge is -2.03. The summed E-state index contributed by atoms with van der Waals surface area (Å²) in [5, 5.41) is 3.21. The lowest BCUT2D eigenvalue weighted by molar-refractivity contribution is 0.0921. The lowest BCUT2D eigenvalue weighted by atomic mass is 10.3. The molecule has 0 aliphatic rings. The van der Waals surface area contributed by atoms with Crippen molar-refractivity contribution in [3.05, 3.63) is 47.2 Å². The molecule has 4 nitrogen and oxygen atoms in total. The van der Waals surface area contributed by atoms with E-state index in [-0.39, 0.29) is 17.6 Å². The molecule has 0 unspecified atom stereocenters. The van der Waals surface area contributed by atoms with Gasteiger partial charge in [-0.2, -0.15) is 0 Å². The van der Waals surface area contributed by atoms with E-state index in [1.54, 1.807) is 36.4 Å². The topological polar surface area (TPSA) is 51.5 Å². The zero-order valence-corrected chi connectivity index (χ0v) is 11.2. The first-order chi connectivity index (χ1) is 9.20. The summed E-state index contributed by atoms with van der Waals surface area (Å²) in [6.45, 7) is 2.59. The van der Waals surface area contributed by atoms with Crippen LogP contribution in [0.4, 0.5) is 0 Å². The normalized spacial score (nSPS) is 10.2. The summed E-state index contributed by atoms with van der Waals surface area (Å²) in [6.07, 6.45) is 0.870. The third-order valence-corrected chi connectivity index (χ3v) is 2.70. The highest BCUT2D eigenvalue weighted by atomic mass is 35.5. The SMILES string of the molecule is CCCNC(=O)c1ccc(Oc2ccccc2Cl)o1. The van der Waals surface area contributed by atoms with Crippen LogP contribution in [0, 0.1) is 0 Å². The van der Waals surface area contributed by atoms with Gasteiger partial charge in [0.15, 0.2) is 5.76 Å². The summed E-state index contributed by atoms with van der Waals surface area (Å²) in [5.74, 6) is 0.681. The third-order valence-electron chi connectivity index (χ3n) is 2.39. The number of ether oxygens (including phenoxy) is 1. The Morgan fingerprint density at radius 2 is 2.11 bits per heavy atom. The summed E-state index contributed by atoms with van der Waals surface area (Å²) in [7, 11) is 0. The van der Waals surface area contributed by atoms with Gasteiger partial charge in [0.05, 0.1) is 5.02 Å². The van der Waals surface area contributed by atoms with E-state index in [2.05, 4.69) is 5.32 Å². The van der Waals surface area contributed by atoms with Gasteiger partial charge in [-0.25, -0.2) is 0 Å². The molecule has 0 fully saturated rings. The van der Waals surface area contributed by atoms with Gasteiger partial charge in [0.2, 0.25) is 0 Å². The van der Waals surface area contributed by atoms with Crippen LogP contribution in [0.2, 0.25) is 5.02 Å². The molecule has 1 amide bonds. The quantitative estimate of drug-likeness (QED) is 0.904. The molecule has 0 aliphatic carbocycles. The highest BCUT2D eigenvalue weighted by Crippen LogP contribution is 2.29. The molecule has 100 valence electrons. The molecular weight excluding hydrogens is 266 g/mol. The molecule has 0 atom stereocenters. The van der Waals surface area contributed by atoms with Crippen LogP contribution < -0.4 is 10.1 Å². The van der Waals surface area contributed by atoms with E-state index >= 15 is 0 Å². The van der Waals surface area contributed by atoms with Crippen molar-refractivity contribution in [1.29, 1.82) is 0 Å². The fourth-order valence-electron chi connectivity index (χ4n) is 1.46. The zero-order valence-electron chi connectivity index (χ0n) is 10.5. The van der Waals surface area contributed by atoms with Gasteiger partial charge in [-0.3, -0.25) is 4.79 Å². The molecule has 0 spiro atoms. The minimum atomic E-state index is -0.254. The molecule has 1 N–H and O–H groups in total. The van der Waals surface area contributed by atoms with Crippen molar-refractivity contribution in [2.75, 3.05) is 6.54 Å². The number of furan rings is 1.